The van der Waals surface area contributed by atoms with Gasteiger partial charge < -0.3 is 19.0 Å². The Bertz CT molecular complexity index is 1390. The maximum absolute atomic E-state index is 13.5. The number of aromatic nitrogens is 4. The van der Waals surface area contributed by atoms with Crippen LogP contribution in [0.1, 0.15) is 17.4 Å². The molecule has 10 heteroatoms. The summed E-state index contributed by atoms with van der Waals surface area (Å²) in [6, 6.07) is 14.2. The lowest BCUT2D eigenvalue weighted by Crippen LogP contribution is -2.13. The summed E-state index contributed by atoms with van der Waals surface area (Å²) < 4.78 is 27.8. The highest BCUT2D eigenvalue weighted by atomic mass is 79.9. The van der Waals surface area contributed by atoms with Gasteiger partial charge in [0.2, 0.25) is 5.09 Å². The van der Waals surface area contributed by atoms with Crippen LogP contribution in [0.2, 0.25) is 0 Å². The molecule has 1 unspecified atom stereocenters. The predicted molar refractivity (Wildman–Crippen MR) is 121 cm³/mol. The number of nitrogens with zero attached hydrogens (tertiary/aromatic N) is 3. The molecule has 2 N–H and O–H groups in total. The number of aromatic amines is 1. The molecule has 3 heterocycles. The Morgan fingerprint density at radius 1 is 1.22 bits per heavy atom. The summed E-state index contributed by atoms with van der Waals surface area (Å²) in [7, 11) is 0. The minimum Gasteiger partial charge on any atom is -0.454 e. The van der Waals surface area contributed by atoms with Crippen molar-refractivity contribution in [2.75, 3.05) is 0 Å². The second-order valence-electron chi connectivity index (χ2n) is 7.05. The van der Waals surface area contributed by atoms with Gasteiger partial charge in [-0.1, -0.05) is 46.3 Å². The summed E-state index contributed by atoms with van der Waals surface area (Å²) >= 11 is 4.78. The van der Waals surface area contributed by atoms with E-state index >= 15 is 0 Å². The van der Waals surface area contributed by atoms with Gasteiger partial charge in [-0.3, -0.25) is 5.41 Å². The van der Waals surface area contributed by atoms with Crippen LogP contribution in [0.4, 0.5) is 4.39 Å². The molecule has 1 aliphatic rings. The van der Waals surface area contributed by atoms with Crippen LogP contribution in [0.5, 0.6) is 0 Å². The molecule has 1 aliphatic heterocycles. The maximum Gasteiger partial charge on any atom is 0.268 e. The fraction of sp³-hybridized carbons (Fsp3) is 0.136. The second-order valence-corrected chi connectivity index (χ2v) is 8.90. The first-order valence-electron chi connectivity index (χ1n) is 9.75. The molecule has 5 rings (SSSR count). The Morgan fingerprint density at radius 2 is 2.09 bits per heavy atom. The molecule has 0 saturated heterocycles. The first-order chi connectivity index (χ1) is 15.6. The molecule has 0 fully saturated rings. The van der Waals surface area contributed by atoms with E-state index in [2.05, 4.69) is 30.9 Å². The van der Waals surface area contributed by atoms with Crippen LogP contribution in [0, 0.1) is 11.2 Å². The number of halogens is 2. The van der Waals surface area contributed by atoms with E-state index in [0.717, 1.165) is 15.6 Å². The summed E-state index contributed by atoms with van der Waals surface area (Å²) in [5.41, 5.74) is 2.99. The number of thioether (sulfide) groups is 1. The average molecular weight is 514 g/mol. The van der Waals surface area contributed by atoms with Gasteiger partial charge >= 0.3 is 0 Å². The largest absolute Gasteiger partial charge is 0.454 e. The molecular weight excluding hydrogens is 497 g/mol. The molecule has 2 aromatic carbocycles. The molecule has 1 atom stereocenters. The average Bonchev–Trinajstić information content (AvgIpc) is 3.42. The molecule has 7 nitrogen and oxygen atoms in total. The zero-order valence-corrected chi connectivity index (χ0v) is 19.0. The van der Waals surface area contributed by atoms with Gasteiger partial charge in [0.25, 0.3) is 6.29 Å². The van der Waals surface area contributed by atoms with E-state index in [1.54, 1.807) is 18.7 Å². The van der Waals surface area contributed by atoms with Crippen LogP contribution < -0.4 is 5.49 Å². The molecule has 4 aromatic rings. The Kier molecular flexibility index (Phi) is 5.71. The lowest BCUT2D eigenvalue weighted by atomic mass is 10.1. The SMILES string of the molecule is N=c1ncn(CCc2cccc(F)c2)c2nc(SC3=COC(c4ccccc4Br)O3)[nH]c12. The van der Waals surface area contributed by atoms with Gasteiger partial charge in [0.1, 0.15) is 17.6 Å². The third-order valence-corrected chi connectivity index (χ3v) is 6.40. The van der Waals surface area contributed by atoms with Crippen LogP contribution >= 0.6 is 27.7 Å². The fourth-order valence-corrected chi connectivity index (χ4v) is 4.53. The van der Waals surface area contributed by atoms with Gasteiger partial charge in [-0.2, -0.15) is 0 Å². The number of rotatable bonds is 6. The molecule has 2 aromatic heterocycles. The van der Waals surface area contributed by atoms with Crippen molar-refractivity contribution in [2.24, 2.45) is 0 Å². The van der Waals surface area contributed by atoms with Crippen molar-refractivity contribution in [1.29, 1.82) is 5.41 Å². The van der Waals surface area contributed by atoms with Gasteiger partial charge in [0, 0.05) is 16.6 Å². The molecule has 0 spiro atoms. The molecule has 0 aliphatic carbocycles. The van der Waals surface area contributed by atoms with Crippen molar-refractivity contribution in [1.82, 2.24) is 19.5 Å². The van der Waals surface area contributed by atoms with Crippen molar-refractivity contribution in [3.63, 3.8) is 0 Å². The number of H-pyrrole nitrogens is 1. The number of hydrogen-bond acceptors (Lipinski definition) is 6. The predicted octanol–water partition coefficient (Wildman–Crippen LogP) is 5.02. The third-order valence-electron chi connectivity index (χ3n) is 4.90. The number of hydrogen-bond donors (Lipinski definition) is 2. The van der Waals surface area contributed by atoms with Crippen LogP contribution in [0.15, 0.2) is 75.8 Å². The van der Waals surface area contributed by atoms with Crippen molar-refractivity contribution < 1.29 is 13.9 Å². The van der Waals surface area contributed by atoms with E-state index in [-0.39, 0.29) is 11.3 Å². The molecule has 32 heavy (non-hydrogen) atoms. The Balaban J connectivity index is 1.33. The summed E-state index contributed by atoms with van der Waals surface area (Å²) in [5.74, 6) is -0.261. The molecular formula is C22H17BrFN5O2S. The van der Waals surface area contributed by atoms with Crippen LogP contribution in [-0.4, -0.2) is 19.5 Å². The van der Waals surface area contributed by atoms with E-state index < -0.39 is 6.29 Å². The Hall–Kier alpha value is -3.11. The first kappa shape index (κ1) is 20.8. The minimum atomic E-state index is -0.540. The Labute approximate surface area is 195 Å². The van der Waals surface area contributed by atoms with Crippen molar-refractivity contribution in [3.05, 3.63) is 93.1 Å². The summed E-state index contributed by atoms with van der Waals surface area (Å²) in [6.45, 7) is 0.550. The van der Waals surface area contributed by atoms with E-state index in [1.165, 1.54) is 23.9 Å². The monoisotopic (exact) mass is 513 g/mol. The quantitative estimate of drug-likeness (QED) is 0.377. The molecule has 0 saturated carbocycles. The van der Waals surface area contributed by atoms with Crippen LogP contribution in [0.25, 0.3) is 11.2 Å². The standard InChI is InChI=1S/C22H17BrFN5O2S/c23-16-7-2-1-6-15(16)21-30-11-17(31-21)32-22-27-18-19(25)26-12-29(20(18)28-22)9-8-13-4-3-5-14(24)10-13/h1-7,10-12,21,25H,8-9H2,(H,27,28). The highest BCUT2D eigenvalue weighted by Gasteiger charge is 2.25. The van der Waals surface area contributed by atoms with E-state index in [4.69, 9.17) is 14.9 Å². The Morgan fingerprint density at radius 3 is 2.94 bits per heavy atom. The van der Waals surface area contributed by atoms with Crippen LogP contribution in [0.3, 0.4) is 0 Å². The summed E-state index contributed by atoms with van der Waals surface area (Å²) in [6.07, 6.45) is 3.21. The maximum atomic E-state index is 13.5. The van der Waals surface area contributed by atoms with Crippen molar-refractivity contribution >= 4 is 38.9 Å². The number of imidazole rings is 1. The van der Waals surface area contributed by atoms with E-state index in [0.29, 0.717) is 34.4 Å². The zero-order chi connectivity index (χ0) is 22.1. The summed E-state index contributed by atoms with van der Waals surface area (Å²) in [5, 5.41) is 9.23. The van der Waals surface area contributed by atoms with Gasteiger partial charge in [-0.05, 0) is 41.9 Å². The normalized spacial score (nSPS) is 15.4. The topological polar surface area (TPSA) is 88.8 Å². The second kappa shape index (κ2) is 8.79. The lowest BCUT2D eigenvalue weighted by Gasteiger charge is -2.12. The lowest BCUT2D eigenvalue weighted by molar-refractivity contribution is -0.0278. The molecule has 0 bridgehead atoms. The smallest absolute Gasteiger partial charge is 0.268 e. The van der Waals surface area contributed by atoms with Gasteiger partial charge in [-0.25, -0.2) is 14.4 Å². The molecule has 0 radical (unpaired) electrons. The van der Waals surface area contributed by atoms with Gasteiger partial charge in [0.15, 0.2) is 16.3 Å². The number of fused-ring (bicyclic) bond motifs is 1. The zero-order valence-electron chi connectivity index (χ0n) is 16.6. The minimum absolute atomic E-state index is 0.102. The van der Waals surface area contributed by atoms with Gasteiger partial charge in [0.05, 0.1) is 6.33 Å². The van der Waals surface area contributed by atoms with Gasteiger partial charge in [-0.15, -0.1) is 0 Å². The summed E-state index contributed by atoms with van der Waals surface area (Å²) in [4.78, 5) is 11.9. The van der Waals surface area contributed by atoms with Crippen molar-refractivity contribution in [3.8, 4) is 0 Å². The number of aryl methyl sites for hydroxylation is 2. The first-order valence-corrected chi connectivity index (χ1v) is 11.4. The molecule has 0 amide bonds. The number of benzene rings is 2. The highest BCUT2D eigenvalue weighted by molar-refractivity contribution is 9.10. The third kappa shape index (κ3) is 4.28. The van der Waals surface area contributed by atoms with E-state index in [9.17, 15) is 4.39 Å². The van der Waals surface area contributed by atoms with Crippen molar-refractivity contribution in [2.45, 2.75) is 24.4 Å². The van der Waals surface area contributed by atoms with E-state index in [1.807, 2.05) is 34.9 Å². The highest BCUT2D eigenvalue weighted by Crippen LogP contribution is 2.38. The van der Waals surface area contributed by atoms with Crippen LogP contribution in [-0.2, 0) is 22.4 Å². The number of ether oxygens (including phenoxy) is 2. The molecule has 162 valence electrons. The fourth-order valence-electron chi connectivity index (χ4n) is 3.34. The number of nitrogens with one attached hydrogen (secondary N) is 2.